The molecule has 0 aromatic heterocycles. The van der Waals surface area contributed by atoms with Gasteiger partial charge >= 0.3 is 12.0 Å². The molecule has 2 rings (SSSR count). The summed E-state index contributed by atoms with van der Waals surface area (Å²) >= 11 is 0. The van der Waals surface area contributed by atoms with E-state index in [2.05, 4.69) is 15.4 Å². The fourth-order valence-corrected chi connectivity index (χ4v) is 3.00. The van der Waals surface area contributed by atoms with Gasteiger partial charge < -0.3 is 10.1 Å². The number of urea groups is 1. The number of sulfonamides is 1. The maximum Gasteiger partial charge on any atom is 0.338 e. The Kier molecular flexibility index (Phi) is 7.46. The number of rotatable bonds is 7. The van der Waals surface area contributed by atoms with E-state index in [0.29, 0.717) is 0 Å². The Balaban J connectivity index is 1.91. The first kappa shape index (κ1) is 22.1. The monoisotopic (exact) mass is 419 g/mol. The SMILES string of the molecule is CNS(=O)(=O)c1cccc(C(=O)OC(C)C(=O)NC(=O)NCc2ccccc2)c1. The van der Waals surface area contributed by atoms with Crippen LogP contribution < -0.4 is 15.4 Å². The second kappa shape index (κ2) is 9.80. The molecule has 0 radical (unpaired) electrons. The molecule has 0 heterocycles. The van der Waals surface area contributed by atoms with Gasteiger partial charge in [0.25, 0.3) is 5.91 Å². The van der Waals surface area contributed by atoms with Crippen LogP contribution in [0.4, 0.5) is 4.79 Å². The van der Waals surface area contributed by atoms with Crippen LogP contribution in [0.5, 0.6) is 0 Å². The van der Waals surface area contributed by atoms with Crippen LogP contribution in [0.3, 0.4) is 0 Å². The van der Waals surface area contributed by atoms with Crippen molar-refractivity contribution >= 4 is 27.9 Å². The molecule has 0 aliphatic rings. The highest BCUT2D eigenvalue weighted by atomic mass is 32.2. The molecule has 2 aromatic rings. The molecule has 0 saturated carbocycles. The van der Waals surface area contributed by atoms with Gasteiger partial charge in [-0.15, -0.1) is 0 Å². The van der Waals surface area contributed by atoms with Crippen molar-refractivity contribution in [1.29, 1.82) is 0 Å². The molecule has 0 saturated heterocycles. The van der Waals surface area contributed by atoms with Gasteiger partial charge in [-0.2, -0.15) is 0 Å². The van der Waals surface area contributed by atoms with Crippen LogP contribution in [0.15, 0.2) is 59.5 Å². The van der Waals surface area contributed by atoms with E-state index in [1.807, 2.05) is 30.3 Å². The van der Waals surface area contributed by atoms with E-state index in [9.17, 15) is 22.8 Å². The van der Waals surface area contributed by atoms with Crippen molar-refractivity contribution in [1.82, 2.24) is 15.4 Å². The Bertz CT molecular complexity index is 992. The number of nitrogens with one attached hydrogen (secondary N) is 3. The van der Waals surface area contributed by atoms with E-state index in [-0.39, 0.29) is 17.0 Å². The van der Waals surface area contributed by atoms with Crippen LogP contribution >= 0.6 is 0 Å². The molecule has 0 spiro atoms. The highest BCUT2D eigenvalue weighted by molar-refractivity contribution is 7.89. The van der Waals surface area contributed by atoms with E-state index >= 15 is 0 Å². The minimum Gasteiger partial charge on any atom is -0.449 e. The Morgan fingerprint density at radius 2 is 1.72 bits per heavy atom. The first-order chi connectivity index (χ1) is 13.7. The zero-order chi connectivity index (χ0) is 21.4. The molecule has 3 amide bonds. The van der Waals surface area contributed by atoms with E-state index in [1.54, 1.807) is 0 Å². The van der Waals surface area contributed by atoms with E-state index in [1.165, 1.54) is 32.2 Å². The second-order valence-electron chi connectivity index (χ2n) is 5.94. The van der Waals surface area contributed by atoms with Crippen LogP contribution in [0, 0.1) is 0 Å². The highest BCUT2D eigenvalue weighted by Gasteiger charge is 2.22. The maximum atomic E-state index is 12.2. The molecular weight excluding hydrogens is 398 g/mol. The van der Waals surface area contributed by atoms with Gasteiger partial charge in [0.05, 0.1) is 10.5 Å². The largest absolute Gasteiger partial charge is 0.449 e. The number of benzene rings is 2. The zero-order valence-corrected chi connectivity index (χ0v) is 16.7. The van der Waals surface area contributed by atoms with Gasteiger partial charge in [-0.05, 0) is 37.7 Å². The first-order valence-electron chi connectivity index (χ1n) is 8.60. The lowest BCUT2D eigenvalue weighted by atomic mass is 10.2. The second-order valence-corrected chi connectivity index (χ2v) is 7.83. The summed E-state index contributed by atoms with van der Waals surface area (Å²) < 4.78 is 30.8. The minimum absolute atomic E-state index is 0.0468. The topological polar surface area (TPSA) is 131 Å². The Hall–Kier alpha value is -3.24. The van der Waals surface area contributed by atoms with Crippen LogP contribution in [-0.4, -0.2) is 39.5 Å². The van der Waals surface area contributed by atoms with Gasteiger partial charge in [-0.3, -0.25) is 10.1 Å². The van der Waals surface area contributed by atoms with Crippen molar-refractivity contribution in [3.63, 3.8) is 0 Å². The summed E-state index contributed by atoms with van der Waals surface area (Å²) in [5.74, 6) is -1.71. The van der Waals surface area contributed by atoms with Crippen LogP contribution in [0.1, 0.15) is 22.8 Å². The van der Waals surface area contributed by atoms with Gasteiger partial charge in [0.1, 0.15) is 0 Å². The summed E-state index contributed by atoms with van der Waals surface area (Å²) in [5.41, 5.74) is 0.806. The van der Waals surface area contributed by atoms with Gasteiger partial charge in [0.2, 0.25) is 10.0 Å². The third kappa shape index (κ3) is 6.40. The summed E-state index contributed by atoms with van der Waals surface area (Å²) in [6, 6.07) is 13.6. The summed E-state index contributed by atoms with van der Waals surface area (Å²) in [6.45, 7) is 1.52. The Labute approximate surface area is 168 Å². The first-order valence-corrected chi connectivity index (χ1v) is 10.1. The predicted molar refractivity (Wildman–Crippen MR) is 104 cm³/mol. The Morgan fingerprint density at radius 1 is 1.03 bits per heavy atom. The van der Waals surface area contributed by atoms with Crippen molar-refractivity contribution < 1.29 is 27.5 Å². The average molecular weight is 419 g/mol. The van der Waals surface area contributed by atoms with Gasteiger partial charge in [-0.25, -0.2) is 22.7 Å². The summed E-state index contributed by atoms with van der Waals surface area (Å²) in [4.78, 5) is 36.0. The lowest BCUT2D eigenvalue weighted by molar-refractivity contribution is -0.127. The van der Waals surface area contributed by atoms with E-state index in [4.69, 9.17) is 4.74 Å². The van der Waals surface area contributed by atoms with Crippen molar-refractivity contribution in [3.8, 4) is 0 Å². The third-order valence-corrected chi connectivity index (χ3v) is 5.25. The number of imide groups is 1. The van der Waals surface area contributed by atoms with E-state index < -0.39 is 34.0 Å². The predicted octanol–water partition coefficient (Wildman–Crippen LogP) is 1.17. The lowest BCUT2D eigenvalue weighted by Gasteiger charge is -2.14. The standard InChI is InChI=1S/C19H21N3O6S/c1-13(17(23)22-19(25)21-12-14-7-4-3-5-8-14)28-18(24)15-9-6-10-16(11-15)29(26,27)20-2/h3-11,13,20H,12H2,1-2H3,(H2,21,22,23,25). The summed E-state index contributed by atoms with van der Waals surface area (Å²) in [7, 11) is -2.49. The fraction of sp³-hybridized carbons (Fsp3) is 0.211. The molecule has 1 atom stereocenters. The zero-order valence-electron chi connectivity index (χ0n) is 15.8. The van der Waals surface area contributed by atoms with Crippen LogP contribution in [0.2, 0.25) is 0 Å². The molecule has 0 fully saturated rings. The maximum absolute atomic E-state index is 12.2. The Morgan fingerprint density at radius 3 is 2.38 bits per heavy atom. The average Bonchev–Trinajstić information content (AvgIpc) is 2.73. The molecule has 9 nitrogen and oxygen atoms in total. The number of hydrogen-bond donors (Lipinski definition) is 3. The number of amides is 3. The molecular formula is C19H21N3O6S. The number of esters is 1. The molecule has 29 heavy (non-hydrogen) atoms. The molecule has 2 aromatic carbocycles. The van der Waals surface area contributed by atoms with Gasteiger partial charge in [0.15, 0.2) is 6.10 Å². The quantitative estimate of drug-likeness (QED) is 0.578. The third-order valence-electron chi connectivity index (χ3n) is 3.83. The molecule has 0 aliphatic heterocycles. The number of carbonyl (C=O) groups excluding carboxylic acids is 3. The van der Waals surface area contributed by atoms with Gasteiger partial charge in [0, 0.05) is 6.54 Å². The van der Waals surface area contributed by atoms with Crippen molar-refractivity contribution in [2.75, 3.05) is 7.05 Å². The molecule has 10 heteroatoms. The number of ether oxygens (including phenoxy) is 1. The fourth-order valence-electron chi connectivity index (χ4n) is 2.23. The van der Waals surface area contributed by atoms with Crippen molar-refractivity contribution in [3.05, 3.63) is 65.7 Å². The molecule has 154 valence electrons. The van der Waals surface area contributed by atoms with Crippen molar-refractivity contribution in [2.24, 2.45) is 0 Å². The van der Waals surface area contributed by atoms with Crippen LogP contribution in [0.25, 0.3) is 0 Å². The number of hydrogen-bond acceptors (Lipinski definition) is 6. The number of carbonyl (C=O) groups is 3. The van der Waals surface area contributed by atoms with Gasteiger partial charge in [-0.1, -0.05) is 36.4 Å². The van der Waals surface area contributed by atoms with Crippen molar-refractivity contribution in [2.45, 2.75) is 24.5 Å². The summed E-state index contributed by atoms with van der Waals surface area (Å²) in [6.07, 6.45) is -1.27. The molecule has 3 N–H and O–H groups in total. The molecule has 0 bridgehead atoms. The highest BCUT2D eigenvalue weighted by Crippen LogP contribution is 2.13. The molecule has 0 aliphatic carbocycles. The summed E-state index contributed by atoms with van der Waals surface area (Å²) in [5, 5.41) is 4.59. The van der Waals surface area contributed by atoms with E-state index in [0.717, 1.165) is 11.6 Å². The van der Waals surface area contributed by atoms with Crippen LogP contribution in [-0.2, 0) is 26.1 Å². The molecule has 1 unspecified atom stereocenters. The minimum atomic E-state index is -3.73. The lowest BCUT2D eigenvalue weighted by Crippen LogP contribution is -2.44. The normalized spacial score (nSPS) is 11.9. The smallest absolute Gasteiger partial charge is 0.338 e.